The van der Waals surface area contributed by atoms with E-state index in [0.717, 1.165) is 16.7 Å². The van der Waals surface area contributed by atoms with Gasteiger partial charge in [-0.05, 0) is 35.2 Å². The van der Waals surface area contributed by atoms with Crippen LogP contribution in [0.25, 0.3) is 0 Å². The first-order valence-electron chi connectivity index (χ1n) is 4.51. The molecule has 3 heteroatoms. The molecule has 0 aliphatic rings. The average Bonchev–Trinajstić information content (AvgIpc) is 2.15. The molecule has 0 unspecified atom stereocenters. The Bertz CT molecular complexity index is 307. The van der Waals surface area contributed by atoms with Crippen molar-refractivity contribution in [2.24, 2.45) is 5.41 Å². The normalized spacial score (nSPS) is 12.2. The molecule has 0 atom stereocenters. The van der Waals surface area contributed by atoms with Crippen LogP contribution in [0.4, 0.5) is 0 Å². The van der Waals surface area contributed by atoms with Crippen LogP contribution in [0.5, 0.6) is 0 Å². The van der Waals surface area contributed by atoms with E-state index in [1.807, 2.05) is 6.92 Å². The van der Waals surface area contributed by atoms with Crippen LogP contribution in [0.15, 0.2) is 4.47 Å². The maximum atomic E-state index is 4.46. The number of hydrogen-bond donors (Lipinski definition) is 0. The third kappa shape index (κ3) is 2.56. The van der Waals surface area contributed by atoms with Crippen molar-refractivity contribution in [2.75, 3.05) is 0 Å². The molecule has 0 aromatic carbocycles. The predicted octanol–water partition coefficient (Wildman–Crippen LogP) is 3.31. The summed E-state index contributed by atoms with van der Waals surface area (Å²) in [5, 5.41) is 4.46. The Labute approximate surface area is 88.5 Å². The molecule has 74 valence electrons. The minimum Gasteiger partial charge on any atom is -0.268 e. The van der Waals surface area contributed by atoms with Gasteiger partial charge in [-0.3, -0.25) is 4.68 Å². The van der Waals surface area contributed by atoms with Gasteiger partial charge in [0.1, 0.15) is 0 Å². The molecule has 1 rings (SSSR count). The van der Waals surface area contributed by atoms with Crippen LogP contribution in [-0.4, -0.2) is 9.78 Å². The molecule has 1 aromatic rings. The first-order chi connectivity index (χ1) is 5.81. The zero-order valence-corrected chi connectivity index (χ0v) is 10.6. The summed E-state index contributed by atoms with van der Waals surface area (Å²) >= 11 is 3.52. The lowest BCUT2D eigenvalue weighted by Crippen LogP contribution is -2.17. The van der Waals surface area contributed by atoms with Crippen LogP contribution >= 0.6 is 15.9 Å². The summed E-state index contributed by atoms with van der Waals surface area (Å²) in [5.41, 5.74) is 2.57. The maximum Gasteiger partial charge on any atom is 0.0738 e. The Morgan fingerprint density at radius 1 is 1.31 bits per heavy atom. The number of hydrogen-bond acceptors (Lipinski definition) is 1. The molecule has 1 aromatic heterocycles. The van der Waals surface area contributed by atoms with Crippen LogP contribution < -0.4 is 0 Å². The van der Waals surface area contributed by atoms with Gasteiger partial charge in [0, 0.05) is 12.2 Å². The molecule has 0 aliphatic heterocycles. The van der Waals surface area contributed by atoms with Crippen LogP contribution in [-0.2, 0) is 6.54 Å². The van der Waals surface area contributed by atoms with Gasteiger partial charge in [-0.15, -0.1) is 0 Å². The quantitative estimate of drug-likeness (QED) is 0.742. The predicted molar refractivity (Wildman–Crippen MR) is 58.9 cm³/mol. The SMILES string of the molecule is Cc1nn(CC(C)(C)C)c(C)c1Br. The third-order valence-corrected chi connectivity index (χ3v) is 3.06. The van der Waals surface area contributed by atoms with Crippen molar-refractivity contribution in [2.45, 2.75) is 41.2 Å². The molecule has 0 amide bonds. The van der Waals surface area contributed by atoms with Crippen molar-refractivity contribution in [3.8, 4) is 0 Å². The topological polar surface area (TPSA) is 17.8 Å². The van der Waals surface area contributed by atoms with E-state index < -0.39 is 0 Å². The van der Waals surface area contributed by atoms with Gasteiger partial charge >= 0.3 is 0 Å². The molecule has 1 heterocycles. The fourth-order valence-electron chi connectivity index (χ4n) is 1.28. The standard InChI is InChI=1S/C10H17BrN2/c1-7-9(11)8(2)13(12-7)6-10(3,4)5/h6H2,1-5H3. The number of nitrogens with zero attached hydrogens (tertiary/aromatic N) is 2. The van der Waals surface area contributed by atoms with E-state index in [2.05, 4.69) is 53.4 Å². The number of aromatic nitrogens is 2. The van der Waals surface area contributed by atoms with Gasteiger partial charge in [-0.25, -0.2) is 0 Å². The smallest absolute Gasteiger partial charge is 0.0738 e. The molecule has 2 nitrogen and oxygen atoms in total. The first-order valence-corrected chi connectivity index (χ1v) is 5.30. The van der Waals surface area contributed by atoms with Crippen molar-refractivity contribution in [3.05, 3.63) is 15.9 Å². The van der Waals surface area contributed by atoms with Gasteiger partial charge in [0.25, 0.3) is 0 Å². The summed E-state index contributed by atoms with van der Waals surface area (Å²) in [6, 6.07) is 0. The highest BCUT2D eigenvalue weighted by atomic mass is 79.9. The van der Waals surface area contributed by atoms with Gasteiger partial charge < -0.3 is 0 Å². The van der Waals surface area contributed by atoms with Crippen molar-refractivity contribution in [1.82, 2.24) is 9.78 Å². The molecule has 0 radical (unpaired) electrons. The minimum absolute atomic E-state index is 0.280. The van der Waals surface area contributed by atoms with Crippen LogP contribution in [0.2, 0.25) is 0 Å². The van der Waals surface area contributed by atoms with E-state index in [9.17, 15) is 0 Å². The van der Waals surface area contributed by atoms with E-state index in [1.54, 1.807) is 0 Å². The van der Waals surface area contributed by atoms with E-state index in [0.29, 0.717) is 0 Å². The average molecular weight is 245 g/mol. The molecular weight excluding hydrogens is 228 g/mol. The summed E-state index contributed by atoms with van der Waals surface area (Å²) in [6.07, 6.45) is 0. The molecule has 0 saturated heterocycles. The molecule has 0 saturated carbocycles. The van der Waals surface area contributed by atoms with E-state index in [4.69, 9.17) is 0 Å². The molecule has 0 aliphatic carbocycles. The summed E-state index contributed by atoms with van der Waals surface area (Å²) < 4.78 is 3.20. The Balaban J connectivity index is 2.97. The Hall–Kier alpha value is -0.310. The van der Waals surface area contributed by atoms with Crippen molar-refractivity contribution < 1.29 is 0 Å². The zero-order valence-electron chi connectivity index (χ0n) is 8.98. The van der Waals surface area contributed by atoms with Crippen LogP contribution in [0, 0.1) is 19.3 Å². The zero-order chi connectivity index (χ0) is 10.2. The summed E-state index contributed by atoms with van der Waals surface area (Å²) in [7, 11) is 0. The summed E-state index contributed by atoms with van der Waals surface area (Å²) in [4.78, 5) is 0. The second-order valence-electron chi connectivity index (χ2n) is 4.70. The lowest BCUT2D eigenvalue weighted by Gasteiger charge is -2.18. The van der Waals surface area contributed by atoms with Gasteiger partial charge in [-0.2, -0.15) is 5.10 Å². The van der Waals surface area contributed by atoms with E-state index >= 15 is 0 Å². The van der Waals surface area contributed by atoms with Gasteiger partial charge in [-0.1, -0.05) is 20.8 Å². The van der Waals surface area contributed by atoms with Crippen molar-refractivity contribution >= 4 is 15.9 Å². The van der Waals surface area contributed by atoms with E-state index in [-0.39, 0.29) is 5.41 Å². The van der Waals surface area contributed by atoms with Gasteiger partial charge in [0.2, 0.25) is 0 Å². The number of rotatable bonds is 1. The second-order valence-corrected chi connectivity index (χ2v) is 5.50. The lowest BCUT2D eigenvalue weighted by atomic mass is 9.97. The molecular formula is C10H17BrN2. The first kappa shape index (κ1) is 10.8. The molecule has 0 N–H and O–H groups in total. The van der Waals surface area contributed by atoms with Crippen molar-refractivity contribution in [3.63, 3.8) is 0 Å². The monoisotopic (exact) mass is 244 g/mol. The van der Waals surface area contributed by atoms with Crippen LogP contribution in [0.3, 0.4) is 0 Å². The molecule has 0 fully saturated rings. The molecule has 13 heavy (non-hydrogen) atoms. The summed E-state index contributed by atoms with van der Waals surface area (Å²) in [5.74, 6) is 0. The highest BCUT2D eigenvalue weighted by molar-refractivity contribution is 9.10. The fourth-order valence-corrected chi connectivity index (χ4v) is 1.56. The Kier molecular flexibility index (Phi) is 2.85. The highest BCUT2D eigenvalue weighted by Gasteiger charge is 2.15. The second kappa shape index (κ2) is 3.45. The largest absolute Gasteiger partial charge is 0.268 e. The number of halogens is 1. The van der Waals surface area contributed by atoms with Crippen LogP contribution in [0.1, 0.15) is 32.2 Å². The van der Waals surface area contributed by atoms with Gasteiger partial charge in [0.15, 0.2) is 0 Å². The lowest BCUT2D eigenvalue weighted by molar-refractivity contribution is 0.321. The maximum absolute atomic E-state index is 4.46. The molecule has 0 spiro atoms. The third-order valence-electron chi connectivity index (χ3n) is 1.92. The molecule has 0 bridgehead atoms. The van der Waals surface area contributed by atoms with Gasteiger partial charge in [0.05, 0.1) is 10.2 Å². The van der Waals surface area contributed by atoms with E-state index in [1.165, 1.54) is 5.69 Å². The van der Waals surface area contributed by atoms with Crippen molar-refractivity contribution in [1.29, 1.82) is 0 Å². The Morgan fingerprint density at radius 2 is 1.85 bits per heavy atom. The number of aryl methyl sites for hydroxylation is 1. The Morgan fingerprint density at radius 3 is 2.15 bits per heavy atom. The summed E-state index contributed by atoms with van der Waals surface area (Å²) in [6.45, 7) is 11.7. The highest BCUT2D eigenvalue weighted by Crippen LogP contribution is 2.23. The fraction of sp³-hybridized carbons (Fsp3) is 0.700. The minimum atomic E-state index is 0.280.